The molecule has 0 spiro atoms. The van der Waals surface area contributed by atoms with Gasteiger partial charge in [-0.1, -0.05) is 61.9 Å². The highest BCUT2D eigenvalue weighted by molar-refractivity contribution is 5.27. The Kier molecular flexibility index (Phi) is 6.64. The van der Waals surface area contributed by atoms with Gasteiger partial charge in [0, 0.05) is 6.42 Å². The van der Waals surface area contributed by atoms with Gasteiger partial charge in [0.15, 0.2) is 0 Å². The molecule has 6 nitrogen and oxygen atoms in total. The fraction of sp³-hybridized carbons (Fsp3) is 0.435. The summed E-state index contributed by atoms with van der Waals surface area (Å²) in [6.45, 7) is 7.61. The standard InChI is InChI=1S/C23H30N6/c1-2-3-14-22(23-24-25-26-29(23)19-20-10-6-4-7-11-20)28-17-15-27(16-18-28)21-12-8-5-9-13-21/h4-13,22H,2-3,14-19H2,1H3/p+2/t22-/m0/s1. The van der Waals surface area contributed by atoms with E-state index in [1.54, 1.807) is 9.80 Å². The van der Waals surface area contributed by atoms with Crippen molar-refractivity contribution in [3.63, 3.8) is 0 Å². The largest absolute Gasteiger partial charge is 0.317 e. The smallest absolute Gasteiger partial charge is 0.209 e. The number of hydrogen-bond donors (Lipinski definition) is 2. The Morgan fingerprint density at radius 3 is 2.31 bits per heavy atom. The van der Waals surface area contributed by atoms with E-state index >= 15 is 0 Å². The monoisotopic (exact) mass is 392 g/mol. The minimum atomic E-state index is 0.367. The summed E-state index contributed by atoms with van der Waals surface area (Å²) in [6, 6.07) is 21.7. The number of para-hydroxylation sites is 1. The number of quaternary nitrogens is 2. The molecule has 1 atom stereocenters. The molecule has 0 unspecified atom stereocenters. The summed E-state index contributed by atoms with van der Waals surface area (Å²) in [5.41, 5.74) is 2.65. The van der Waals surface area contributed by atoms with Crippen molar-refractivity contribution >= 4 is 5.69 Å². The van der Waals surface area contributed by atoms with E-state index in [2.05, 4.69) is 77.0 Å². The van der Waals surface area contributed by atoms with Crippen molar-refractivity contribution in [2.75, 3.05) is 26.2 Å². The second kappa shape index (κ2) is 9.76. The lowest BCUT2D eigenvalue weighted by Crippen LogP contribution is -3.26. The SMILES string of the molecule is CCCC[C@@H](c1nnnn1Cc1ccccc1)[NH+]1CC[NH+](c2ccccc2)CC1. The van der Waals surface area contributed by atoms with Crippen LogP contribution in [0.15, 0.2) is 60.7 Å². The summed E-state index contributed by atoms with van der Waals surface area (Å²) in [5, 5.41) is 12.9. The zero-order chi connectivity index (χ0) is 19.9. The van der Waals surface area contributed by atoms with Crippen molar-refractivity contribution < 1.29 is 9.80 Å². The van der Waals surface area contributed by atoms with Crippen molar-refractivity contribution in [3.8, 4) is 0 Å². The number of nitrogens with zero attached hydrogens (tertiary/aromatic N) is 4. The average Bonchev–Trinajstić information content (AvgIpc) is 3.23. The molecule has 1 aromatic heterocycles. The molecule has 6 heteroatoms. The third-order valence-corrected chi connectivity index (χ3v) is 6.06. The van der Waals surface area contributed by atoms with Crippen LogP contribution < -0.4 is 9.80 Å². The topological polar surface area (TPSA) is 52.5 Å². The summed E-state index contributed by atoms with van der Waals surface area (Å²) in [5.74, 6) is 1.04. The van der Waals surface area contributed by atoms with E-state index in [0.29, 0.717) is 6.04 Å². The number of hydrogen-bond acceptors (Lipinski definition) is 3. The molecule has 0 aliphatic carbocycles. The first kappa shape index (κ1) is 19.7. The Bertz CT molecular complexity index is 855. The maximum absolute atomic E-state index is 4.49. The van der Waals surface area contributed by atoms with Gasteiger partial charge in [0.25, 0.3) is 0 Å². The number of nitrogens with one attached hydrogen (secondary N) is 2. The second-order valence-electron chi connectivity index (χ2n) is 8.00. The Hall–Kier alpha value is -2.57. The molecule has 0 saturated carbocycles. The quantitative estimate of drug-likeness (QED) is 0.603. The molecule has 4 rings (SSSR count). The van der Waals surface area contributed by atoms with Crippen molar-refractivity contribution in [3.05, 3.63) is 72.1 Å². The van der Waals surface area contributed by atoms with Gasteiger partial charge in [0.1, 0.15) is 37.9 Å². The second-order valence-corrected chi connectivity index (χ2v) is 8.00. The van der Waals surface area contributed by atoms with Crippen LogP contribution in [0.5, 0.6) is 0 Å². The molecule has 2 aromatic carbocycles. The molecule has 1 fully saturated rings. The maximum Gasteiger partial charge on any atom is 0.209 e. The highest BCUT2D eigenvalue weighted by Crippen LogP contribution is 2.15. The maximum atomic E-state index is 4.49. The molecule has 3 aromatic rings. The lowest BCUT2D eigenvalue weighted by molar-refractivity contribution is -1.01. The molecule has 1 aliphatic heterocycles. The van der Waals surface area contributed by atoms with Gasteiger partial charge in [0.05, 0.1) is 6.54 Å². The minimum Gasteiger partial charge on any atom is -0.317 e. The van der Waals surface area contributed by atoms with Gasteiger partial charge in [-0.3, -0.25) is 4.90 Å². The third-order valence-electron chi connectivity index (χ3n) is 6.06. The highest BCUT2D eigenvalue weighted by atomic mass is 15.6. The summed E-state index contributed by atoms with van der Waals surface area (Å²) in [7, 11) is 0. The number of benzene rings is 2. The van der Waals surface area contributed by atoms with Crippen LogP contribution in [0.3, 0.4) is 0 Å². The van der Waals surface area contributed by atoms with E-state index in [1.807, 2.05) is 10.7 Å². The van der Waals surface area contributed by atoms with E-state index in [9.17, 15) is 0 Å². The van der Waals surface area contributed by atoms with Crippen molar-refractivity contribution in [1.82, 2.24) is 20.2 Å². The molecular weight excluding hydrogens is 360 g/mol. The first-order chi connectivity index (χ1) is 14.3. The zero-order valence-electron chi connectivity index (χ0n) is 17.3. The van der Waals surface area contributed by atoms with Gasteiger partial charge in [-0.05, 0) is 34.5 Å². The van der Waals surface area contributed by atoms with Gasteiger partial charge in [-0.25, -0.2) is 4.68 Å². The lowest BCUT2D eigenvalue weighted by Gasteiger charge is -2.34. The molecule has 1 saturated heterocycles. The molecule has 0 bridgehead atoms. The molecule has 29 heavy (non-hydrogen) atoms. The first-order valence-electron chi connectivity index (χ1n) is 10.9. The van der Waals surface area contributed by atoms with Crippen LogP contribution in [0.1, 0.15) is 43.6 Å². The number of tetrazole rings is 1. The number of aromatic nitrogens is 4. The normalized spacial score (nSPS) is 20.4. The van der Waals surface area contributed by atoms with Gasteiger partial charge < -0.3 is 4.90 Å². The fourth-order valence-corrected chi connectivity index (χ4v) is 4.44. The molecule has 2 heterocycles. The molecule has 0 radical (unpaired) electrons. The summed E-state index contributed by atoms with van der Waals surface area (Å²) < 4.78 is 2.01. The molecule has 2 N–H and O–H groups in total. The fourth-order valence-electron chi connectivity index (χ4n) is 4.44. The van der Waals surface area contributed by atoms with Gasteiger partial charge in [0.2, 0.25) is 5.82 Å². The zero-order valence-corrected chi connectivity index (χ0v) is 17.3. The number of piperazine rings is 1. The summed E-state index contributed by atoms with van der Waals surface area (Å²) in [6.07, 6.45) is 3.55. The Morgan fingerprint density at radius 2 is 1.62 bits per heavy atom. The van der Waals surface area contributed by atoms with Gasteiger partial charge >= 0.3 is 0 Å². The van der Waals surface area contributed by atoms with Crippen LogP contribution in [-0.2, 0) is 6.54 Å². The van der Waals surface area contributed by atoms with Crippen LogP contribution in [-0.4, -0.2) is 46.4 Å². The van der Waals surface area contributed by atoms with Crippen LogP contribution in [0, 0.1) is 0 Å². The molecular formula is C23H32N6+2. The van der Waals surface area contributed by atoms with Crippen molar-refractivity contribution in [1.29, 1.82) is 0 Å². The number of rotatable bonds is 8. The van der Waals surface area contributed by atoms with E-state index in [0.717, 1.165) is 45.0 Å². The van der Waals surface area contributed by atoms with Crippen LogP contribution in [0.4, 0.5) is 5.69 Å². The summed E-state index contributed by atoms with van der Waals surface area (Å²) in [4.78, 5) is 3.22. The highest BCUT2D eigenvalue weighted by Gasteiger charge is 2.34. The first-order valence-corrected chi connectivity index (χ1v) is 10.9. The van der Waals surface area contributed by atoms with E-state index in [-0.39, 0.29) is 0 Å². The lowest BCUT2D eigenvalue weighted by atomic mass is 10.1. The predicted molar refractivity (Wildman–Crippen MR) is 113 cm³/mol. The molecule has 0 amide bonds. The Balaban J connectivity index is 1.48. The van der Waals surface area contributed by atoms with Gasteiger partial charge in [-0.15, -0.1) is 5.10 Å². The number of unbranched alkanes of at least 4 members (excludes halogenated alkanes) is 1. The molecule has 1 aliphatic rings. The Morgan fingerprint density at radius 1 is 0.931 bits per heavy atom. The van der Waals surface area contributed by atoms with Gasteiger partial charge in [-0.2, -0.15) is 0 Å². The minimum absolute atomic E-state index is 0.367. The van der Waals surface area contributed by atoms with E-state index in [1.165, 1.54) is 24.1 Å². The predicted octanol–water partition coefficient (Wildman–Crippen LogP) is 1.07. The van der Waals surface area contributed by atoms with Crippen molar-refractivity contribution in [2.24, 2.45) is 0 Å². The van der Waals surface area contributed by atoms with E-state index in [4.69, 9.17) is 0 Å². The summed E-state index contributed by atoms with van der Waals surface area (Å²) >= 11 is 0. The van der Waals surface area contributed by atoms with Crippen LogP contribution in [0.2, 0.25) is 0 Å². The van der Waals surface area contributed by atoms with Crippen LogP contribution >= 0.6 is 0 Å². The molecule has 152 valence electrons. The Labute approximate surface area is 173 Å². The average molecular weight is 393 g/mol. The third kappa shape index (κ3) is 4.89. The van der Waals surface area contributed by atoms with Crippen LogP contribution in [0.25, 0.3) is 0 Å². The van der Waals surface area contributed by atoms with E-state index < -0.39 is 0 Å². The van der Waals surface area contributed by atoms with Crippen molar-refractivity contribution in [2.45, 2.75) is 38.8 Å².